The molecule has 2 heterocycles. The Morgan fingerprint density at radius 2 is 1.82 bits per heavy atom. The number of aromatic nitrogens is 1. The zero-order chi connectivity index (χ0) is 27.8. The molecule has 204 valence electrons. The summed E-state index contributed by atoms with van der Waals surface area (Å²) in [5, 5.41) is 6.12. The molecule has 1 aromatic heterocycles. The third-order valence-corrected chi connectivity index (χ3v) is 6.72. The van der Waals surface area contributed by atoms with Gasteiger partial charge >= 0.3 is 6.09 Å². The van der Waals surface area contributed by atoms with Gasteiger partial charge in [-0.3, -0.25) is 9.59 Å². The van der Waals surface area contributed by atoms with Crippen molar-refractivity contribution >= 4 is 35.2 Å². The number of nitrogens with one attached hydrogen (secondary N) is 2. The average Bonchev–Trinajstić information content (AvgIpc) is 2.92. The highest BCUT2D eigenvalue weighted by Crippen LogP contribution is 2.19. The Morgan fingerprint density at radius 1 is 1.08 bits per heavy atom. The number of hydrogen-bond donors (Lipinski definition) is 2. The smallest absolute Gasteiger partial charge is 0.411 e. The van der Waals surface area contributed by atoms with Crippen LogP contribution in [0, 0.1) is 0 Å². The summed E-state index contributed by atoms with van der Waals surface area (Å²) in [4.78, 5) is 39.3. The average molecular weight is 550 g/mol. The van der Waals surface area contributed by atoms with Crippen LogP contribution in [0.2, 0.25) is 5.02 Å². The summed E-state index contributed by atoms with van der Waals surface area (Å²) >= 11 is 6.16. The van der Waals surface area contributed by atoms with Crippen molar-refractivity contribution in [2.75, 3.05) is 11.9 Å². The van der Waals surface area contributed by atoms with Gasteiger partial charge in [-0.2, -0.15) is 0 Å². The van der Waals surface area contributed by atoms with E-state index in [1.54, 1.807) is 42.4 Å². The molecule has 2 N–H and O–H groups in total. The van der Waals surface area contributed by atoms with Gasteiger partial charge in [-0.25, -0.2) is 9.36 Å². The molecule has 1 aliphatic heterocycles. The zero-order valence-corrected chi connectivity index (χ0v) is 23.0. The van der Waals surface area contributed by atoms with Crippen LogP contribution < -0.4 is 15.2 Å². The lowest BCUT2D eigenvalue weighted by molar-refractivity contribution is -0.697. The molecular weight excluding hydrogens is 516 g/mol. The summed E-state index contributed by atoms with van der Waals surface area (Å²) in [6.45, 7) is 5.57. The van der Waals surface area contributed by atoms with Crippen LogP contribution in [0.1, 0.15) is 53.7 Å². The number of nitrogens with zero attached hydrogens (tertiary/aromatic N) is 2. The highest BCUT2D eigenvalue weighted by atomic mass is 35.5. The lowest BCUT2D eigenvalue weighted by Crippen LogP contribution is -2.42. The summed E-state index contributed by atoms with van der Waals surface area (Å²) in [5.41, 5.74) is 4.45. The summed E-state index contributed by atoms with van der Waals surface area (Å²) < 4.78 is 7.35. The molecule has 1 atom stereocenters. The second-order valence-electron chi connectivity index (χ2n) is 9.67. The maximum Gasteiger partial charge on any atom is 0.411 e. The van der Waals surface area contributed by atoms with Gasteiger partial charge in [0.1, 0.15) is 17.1 Å². The number of fused-ring (bicyclic) bond motifs is 1. The number of aryl methyl sites for hydroxylation is 2. The van der Waals surface area contributed by atoms with Crippen molar-refractivity contribution in [3.05, 3.63) is 94.3 Å². The normalized spacial score (nSPS) is 13.3. The van der Waals surface area contributed by atoms with Gasteiger partial charge < -0.3 is 20.3 Å². The van der Waals surface area contributed by atoms with Crippen LogP contribution in [0.4, 0.5) is 10.5 Å². The number of halogens is 1. The van der Waals surface area contributed by atoms with E-state index < -0.39 is 12.3 Å². The van der Waals surface area contributed by atoms with Crippen molar-refractivity contribution in [1.82, 2.24) is 10.2 Å². The van der Waals surface area contributed by atoms with Crippen molar-refractivity contribution in [3.63, 3.8) is 0 Å². The number of amides is 3. The largest absolute Gasteiger partial charge is 0.426 e. The minimum Gasteiger partial charge on any atom is -0.426 e. The SMILES string of the molecule is CCC[n+]1cc(Cl)cc(C(=O)Nc2ccc(CCC(=O)NC(C)OC(=O)N3CCc4ccccc4C3)cc2)c1. The third kappa shape index (κ3) is 8.04. The number of carbonyl (C=O) groups is 3. The Hall–Kier alpha value is -3.91. The predicted molar refractivity (Wildman–Crippen MR) is 149 cm³/mol. The Morgan fingerprint density at radius 3 is 2.56 bits per heavy atom. The third-order valence-electron chi connectivity index (χ3n) is 6.51. The predicted octanol–water partition coefficient (Wildman–Crippen LogP) is 4.88. The number of benzene rings is 2. The van der Waals surface area contributed by atoms with Crippen LogP contribution in [0.5, 0.6) is 0 Å². The molecule has 9 heteroatoms. The second-order valence-corrected chi connectivity index (χ2v) is 10.1. The molecular formula is C30H34ClN4O4+. The Balaban J connectivity index is 1.21. The van der Waals surface area contributed by atoms with E-state index in [9.17, 15) is 14.4 Å². The Kier molecular flexibility index (Phi) is 9.54. The van der Waals surface area contributed by atoms with Crippen LogP contribution in [0.3, 0.4) is 0 Å². The Bertz CT molecular complexity index is 1330. The fraction of sp³-hybridized carbons (Fsp3) is 0.333. The van der Waals surface area contributed by atoms with Crippen molar-refractivity contribution in [1.29, 1.82) is 0 Å². The molecule has 0 saturated carbocycles. The first-order valence-electron chi connectivity index (χ1n) is 13.2. The minimum atomic E-state index is -0.734. The Labute approximate surface area is 233 Å². The monoisotopic (exact) mass is 549 g/mol. The quantitative estimate of drug-likeness (QED) is 0.294. The van der Waals surface area contributed by atoms with Gasteiger partial charge in [0.2, 0.25) is 5.91 Å². The van der Waals surface area contributed by atoms with E-state index in [2.05, 4.69) is 23.6 Å². The summed E-state index contributed by atoms with van der Waals surface area (Å²) in [6, 6.07) is 17.0. The standard InChI is InChI=1S/C30H33ClN4O4/c1-3-15-34-18-25(17-26(31)20-34)29(37)33-27-11-8-22(9-12-27)10-13-28(36)32-21(2)39-30(38)35-16-14-23-6-4-5-7-24(23)19-35/h4-9,11-12,17-18,20-21H,3,10,13-16,19H2,1-2H3,(H-,32,33,36,37)/p+1. The van der Waals surface area contributed by atoms with Crippen molar-refractivity contribution in [2.24, 2.45) is 0 Å². The molecule has 2 aromatic carbocycles. The van der Waals surface area contributed by atoms with Gasteiger partial charge in [0.15, 0.2) is 18.6 Å². The molecule has 1 aliphatic rings. The second kappa shape index (κ2) is 13.2. The van der Waals surface area contributed by atoms with E-state index in [-0.39, 0.29) is 18.2 Å². The number of anilines is 1. The molecule has 8 nitrogen and oxygen atoms in total. The minimum absolute atomic E-state index is 0.210. The van der Waals surface area contributed by atoms with Gasteiger partial charge in [0, 0.05) is 31.6 Å². The van der Waals surface area contributed by atoms with Crippen LogP contribution in [-0.4, -0.2) is 35.6 Å². The van der Waals surface area contributed by atoms with Crippen molar-refractivity contribution in [2.45, 2.75) is 58.8 Å². The topological polar surface area (TPSA) is 91.6 Å². The number of hydrogen-bond acceptors (Lipinski definition) is 4. The molecule has 0 fully saturated rings. The summed E-state index contributed by atoms with van der Waals surface area (Å²) in [7, 11) is 0. The van der Waals surface area contributed by atoms with E-state index in [0.717, 1.165) is 30.5 Å². The van der Waals surface area contributed by atoms with Crippen LogP contribution in [0.15, 0.2) is 67.0 Å². The maximum atomic E-state index is 12.7. The molecule has 0 aliphatic carbocycles. The molecule has 0 saturated heterocycles. The van der Waals surface area contributed by atoms with Gasteiger partial charge in [0.05, 0.1) is 0 Å². The molecule has 1 unspecified atom stereocenters. The maximum absolute atomic E-state index is 12.7. The van der Waals surface area contributed by atoms with Crippen molar-refractivity contribution in [3.8, 4) is 0 Å². The summed E-state index contributed by atoms with van der Waals surface area (Å²) in [6.07, 6.45) is 4.87. The van der Waals surface area contributed by atoms with E-state index >= 15 is 0 Å². The van der Waals surface area contributed by atoms with Crippen molar-refractivity contribution < 1.29 is 23.7 Å². The first-order chi connectivity index (χ1) is 18.8. The highest BCUT2D eigenvalue weighted by Gasteiger charge is 2.23. The number of rotatable bonds is 9. The number of carbonyl (C=O) groups excluding carboxylic acids is 3. The molecule has 0 spiro atoms. The molecule has 0 bridgehead atoms. The molecule has 3 amide bonds. The zero-order valence-electron chi connectivity index (χ0n) is 22.3. The fourth-order valence-corrected chi connectivity index (χ4v) is 4.77. The number of pyridine rings is 1. The van der Waals surface area contributed by atoms with Crippen LogP contribution in [-0.2, 0) is 35.5 Å². The molecule has 0 radical (unpaired) electrons. The van der Waals surface area contributed by atoms with E-state index in [0.29, 0.717) is 35.8 Å². The lowest BCUT2D eigenvalue weighted by Gasteiger charge is -2.29. The molecule has 4 rings (SSSR count). The van der Waals surface area contributed by atoms with Gasteiger partial charge in [-0.15, -0.1) is 0 Å². The fourth-order valence-electron chi connectivity index (χ4n) is 4.53. The van der Waals surface area contributed by atoms with E-state index in [1.807, 2.05) is 34.9 Å². The highest BCUT2D eigenvalue weighted by molar-refractivity contribution is 6.30. The number of ether oxygens (including phenoxy) is 1. The lowest BCUT2D eigenvalue weighted by atomic mass is 10.0. The summed E-state index contributed by atoms with van der Waals surface area (Å²) in [5.74, 6) is -0.454. The van der Waals surface area contributed by atoms with Crippen LogP contribution in [0.25, 0.3) is 0 Å². The van der Waals surface area contributed by atoms with Gasteiger partial charge in [-0.05, 0) is 54.7 Å². The molecule has 3 aromatic rings. The van der Waals surface area contributed by atoms with Gasteiger partial charge in [0.25, 0.3) is 5.91 Å². The van der Waals surface area contributed by atoms with Gasteiger partial charge in [-0.1, -0.05) is 54.9 Å². The van der Waals surface area contributed by atoms with Crippen LogP contribution >= 0.6 is 11.6 Å². The van der Waals surface area contributed by atoms with E-state index in [1.165, 1.54) is 5.56 Å². The van der Waals surface area contributed by atoms with E-state index in [4.69, 9.17) is 16.3 Å². The first-order valence-corrected chi connectivity index (χ1v) is 13.6. The first kappa shape index (κ1) is 28.1. The molecule has 39 heavy (non-hydrogen) atoms.